The normalized spacial score (nSPS) is 12.4. The molecule has 1 unspecified atom stereocenters. The van der Waals surface area contributed by atoms with E-state index in [1.165, 1.54) is 16.7 Å². The molecule has 0 aromatic heterocycles. The third kappa shape index (κ3) is 4.08. The molecule has 0 saturated heterocycles. The molecule has 1 nitrogen and oxygen atoms in total. The summed E-state index contributed by atoms with van der Waals surface area (Å²) < 4.78 is 1.02. The molecule has 106 valence electrons. The van der Waals surface area contributed by atoms with Crippen LogP contribution >= 0.6 is 27.5 Å². The molecule has 0 aliphatic heterocycles. The van der Waals surface area contributed by atoms with Gasteiger partial charge in [0.05, 0.1) is 0 Å². The maximum absolute atomic E-state index is 6.34. The molecule has 1 N–H and O–H groups in total. The summed E-state index contributed by atoms with van der Waals surface area (Å²) in [5.74, 6) is 0.429. The highest BCUT2D eigenvalue weighted by molar-refractivity contribution is 9.10. The Morgan fingerprint density at radius 2 is 2.00 bits per heavy atom. The van der Waals surface area contributed by atoms with Crippen LogP contribution in [0.2, 0.25) is 5.02 Å². The monoisotopic (exact) mass is 351 g/mol. The average molecular weight is 353 g/mol. The van der Waals surface area contributed by atoms with Gasteiger partial charge < -0.3 is 5.32 Å². The topological polar surface area (TPSA) is 12.0 Å². The maximum Gasteiger partial charge on any atom is 0.0449 e. The van der Waals surface area contributed by atoms with Gasteiger partial charge >= 0.3 is 0 Å². The summed E-state index contributed by atoms with van der Waals surface area (Å²) in [5, 5.41) is 4.11. The van der Waals surface area contributed by atoms with E-state index in [-0.39, 0.29) is 0 Å². The molecule has 0 bridgehead atoms. The second kappa shape index (κ2) is 7.26. The van der Waals surface area contributed by atoms with Crippen LogP contribution in [0.3, 0.4) is 0 Å². The van der Waals surface area contributed by atoms with Crippen molar-refractivity contribution in [2.75, 3.05) is 13.6 Å². The Hall–Kier alpha value is -0.830. The second-order valence-corrected chi connectivity index (χ2v) is 6.43. The largest absolute Gasteiger partial charge is 0.319 e. The third-order valence-electron chi connectivity index (χ3n) is 3.45. The lowest BCUT2D eigenvalue weighted by molar-refractivity contribution is 0.625. The van der Waals surface area contributed by atoms with Crippen LogP contribution in [0.25, 0.3) is 0 Å². The van der Waals surface area contributed by atoms with Gasteiger partial charge in [-0.25, -0.2) is 0 Å². The Kier molecular flexibility index (Phi) is 5.64. The summed E-state index contributed by atoms with van der Waals surface area (Å²) in [7, 11) is 1.99. The number of hydrogen-bond acceptors (Lipinski definition) is 1. The molecule has 2 rings (SSSR count). The van der Waals surface area contributed by atoms with Crippen molar-refractivity contribution in [3.05, 3.63) is 68.7 Å². The lowest BCUT2D eigenvalue weighted by Gasteiger charge is -2.18. The molecule has 1 atom stereocenters. The third-order valence-corrected chi connectivity index (χ3v) is 4.29. The van der Waals surface area contributed by atoms with E-state index in [9.17, 15) is 0 Å². The second-order valence-electron chi connectivity index (χ2n) is 5.11. The van der Waals surface area contributed by atoms with Gasteiger partial charge in [-0.3, -0.25) is 0 Å². The van der Waals surface area contributed by atoms with E-state index in [0.717, 1.165) is 22.5 Å². The highest BCUT2D eigenvalue weighted by Gasteiger charge is 2.14. The fourth-order valence-corrected chi connectivity index (χ4v) is 3.18. The van der Waals surface area contributed by atoms with E-state index < -0.39 is 0 Å². The number of benzene rings is 2. The Bertz CT molecular complexity index is 583. The van der Waals surface area contributed by atoms with Crippen molar-refractivity contribution in [2.24, 2.45) is 0 Å². The van der Waals surface area contributed by atoms with Crippen LogP contribution in [0.4, 0.5) is 0 Å². The van der Waals surface area contributed by atoms with Crippen molar-refractivity contribution in [3.63, 3.8) is 0 Å². The van der Waals surface area contributed by atoms with E-state index in [2.05, 4.69) is 58.5 Å². The molecular formula is C17H19BrClN. The molecule has 0 fully saturated rings. The minimum Gasteiger partial charge on any atom is -0.319 e. The summed E-state index contributed by atoms with van der Waals surface area (Å²) in [5.41, 5.74) is 3.85. The first-order chi connectivity index (χ1) is 9.60. The number of nitrogens with one attached hydrogen (secondary N) is 1. The van der Waals surface area contributed by atoms with Gasteiger partial charge in [-0.15, -0.1) is 0 Å². The van der Waals surface area contributed by atoms with Crippen LogP contribution < -0.4 is 5.32 Å². The summed E-state index contributed by atoms with van der Waals surface area (Å²) in [6, 6.07) is 14.8. The molecule has 0 saturated carbocycles. The highest BCUT2D eigenvalue weighted by Crippen LogP contribution is 2.27. The number of aryl methyl sites for hydroxylation is 1. The zero-order valence-corrected chi connectivity index (χ0v) is 14.1. The number of halogens is 2. The summed E-state index contributed by atoms with van der Waals surface area (Å²) in [4.78, 5) is 0. The molecular weight excluding hydrogens is 334 g/mol. The molecule has 0 aliphatic rings. The highest BCUT2D eigenvalue weighted by atomic mass is 79.9. The van der Waals surface area contributed by atoms with Gasteiger partial charge in [0, 0.05) is 22.0 Å². The molecule has 3 heteroatoms. The predicted molar refractivity (Wildman–Crippen MR) is 90.7 cm³/mol. The predicted octanol–water partition coefficient (Wildman–Crippen LogP) is 4.96. The van der Waals surface area contributed by atoms with Crippen molar-refractivity contribution in [1.29, 1.82) is 0 Å². The molecule has 0 radical (unpaired) electrons. The minimum absolute atomic E-state index is 0.429. The Balaban J connectivity index is 2.25. The number of hydrogen-bond donors (Lipinski definition) is 1. The van der Waals surface area contributed by atoms with Gasteiger partial charge in [-0.1, -0.05) is 63.4 Å². The molecule has 0 aliphatic carbocycles. The van der Waals surface area contributed by atoms with Gasteiger partial charge in [0.2, 0.25) is 0 Å². The van der Waals surface area contributed by atoms with E-state index in [0.29, 0.717) is 5.92 Å². The first-order valence-corrected chi connectivity index (χ1v) is 7.92. The lowest BCUT2D eigenvalue weighted by Crippen LogP contribution is -2.19. The Labute approximate surface area is 134 Å². The molecule has 20 heavy (non-hydrogen) atoms. The summed E-state index contributed by atoms with van der Waals surface area (Å²) >= 11 is 9.79. The van der Waals surface area contributed by atoms with Crippen LogP contribution in [0.15, 0.2) is 46.9 Å². The van der Waals surface area contributed by atoms with Crippen LogP contribution in [-0.2, 0) is 6.42 Å². The lowest BCUT2D eigenvalue weighted by atomic mass is 9.91. The quantitative estimate of drug-likeness (QED) is 0.802. The van der Waals surface area contributed by atoms with Gasteiger partial charge in [-0.05, 0) is 43.7 Å². The van der Waals surface area contributed by atoms with Crippen molar-refractivity contribution in [2.45, 2.75) is 19.3 Å². The van der Waals surface area contributed by atoms with Crippen molar-refractivity contribution >= 4 is 27.5 Å². The fraction of sp³-hybridized carbons (Fsp3) is 0.294. The smallest absolute Gasteiger partial charge is 0.0449 e. The van der Waals surface area contributed by atoms with Crippen molar-refractivity contribution in [3.8, 4) is 0 Å². The molecule has 0 spiro atoms. The fourth-order valence-electron chi connectivity index (χ4n) is 2.43. The minimum atomic E-state index is 0.429. The molecule has 2 aromatic carbocycles. The molecule has 0 heterocycles. The van der Waals surface area contributed by atoms with E-state index >= 15 is 0 Å². The first-order valence-electron chi connectivity index (χ1n) is 6.75. The van der Waals surface area contributed by atoms with Crippen molar-refractivity contribution < 1.29 is 0 Å². The van der Waals surface area contributed by atoms with Crippen LogP contribution in [0.5, 0.6) is 0 Å². The van der Waals surface area contributed by atoms with E-state index in [1.54, 1.807) is 0 Å². The first kappa shape index (κ1) is 15.6. The van der Waals surface area contributed by atoms with E-state index in [1.807, 2.05) is 19.2 Å². The summed E-state index contributed by atoms with van der Waals surface area (Å²) in [6.45, 7) is 3.07. The zero-order valence-electron chi connectivity index (χ0n) is 11.8. The SMILES string of the molecule is CNCC(Cc1ccc(Br)cc1Cl)c1cccc(C)c1. The van der Waals surface area contributed by atoms with Crippen LogP contribution in [-0.4, -0.2) is 13.6 Å². The summed E-state index contributed by atoms with van der Waals surface area (Å²) in [6.07, 6.45) is 0.941. The van der Waals surface area contributed by atoms with Gasteiger partial charge in [0.15, 0.2) is 0 Å². The van der Waals surface area contributed by atoms with Gasteiger partial charge in [-0.2, -0.15) is 0 Å². The molecule has 2 aromatic rings. The van der Waals surface area contributed by atoms with Gasteiger partial charge in [0.1, 0.15) is 0 Å². The van der Waals surface area contributed by atoms with E-state index in [4.69, 9.17) is 11.6 Å². The van der Waals surface area contributed by atoms with Gasteiger partial charge in [0.25, 0.3) is 0 Å². The maximum atomic E-state index is 6.34. The van der Waals surface area contributed by atoms with Crippen molar-refractivity contribution in [1.82, 2.24) is 5.32 Å². The zero-order chi connectivity index (χ0) is 14.5. The number of rotatable bonds is 5. The van der Waals surface area contributed by atoms with Crippen LogP contribution in [0.1, 0.15) is 22.6 Å². The Morgan fingerprint density at radius 1 is 1.20 bits per heavy atom. The van der Waals surface area contributed by atoms with Crippen LogP contribution in [0, 0.1) is 6.92 Å². The standard InChI is InChI=1S/C17H19BrClN/c1-12-4-3-5-13(8-12)15(11-20-2)9-14-6-7-16(18)10-17(14)19/h3-8,10,15,20H,9,11H2,1-2H3. The number of likely N-dealkylation sites (N-methyl/N-ethyl adjacent to an activating group) is 1. The average Bonchev–Trinajstić information content (AvgIpc) is 2.41. The molecule has 0 amide bonds. The Morgan fingerprint density at radius 3 is 2.65 bits per heavy atom.